The van der Waals surface area contributed by atoms with E-state index in [4.69, 9.17) is 15.2 Å². The summed E-state index contributed by atoms with van der Waals surface area (Å²) in [6, 6.07) is 13.3. The first kappa shape index (κ1) is 19.2. The lowest BCUT2D eigenvalue weighted by molar-refractivity contribution is 0.0950. The molecule has 0 aliphatic carbocycles. The van der Waals surface area contributed by atoms with Crippen LogP contribution in [0, 0.1) is 6.92 Å². The van der Waals surface area contributed by atoms with Gasteiger partial charge in [0.15, 0.2) is 23.0 Å². The number of amides is 1. The molecule has 0 saturated carbocycles. The van der Waals surface area contributed by atoms with Crippen molar-refractivity contribution in [3.63, 3.8) is 0 Å². The van der Waals surface area contributed by atoms with Crippen LogP contribution in [0.25, 0.3) is 5.69 Å². The molecule has 3 aromatic rings. The molecule has 1 heterocycles. The fourth-order valence-electron chi connectivity index (χ4n) is 2.77. The van der Waals surface area contributed by atoms with Crippen molar-refractivity contribution < 1.29 is 14.3 Å². The molecule has 146 valence electrons. The maximum atomic E-state index is 12.4. The van der Waals surface area contributed by atoms with Crippen LogP contribution in [0.1, 0.15) is 21.6 Å². The second-order valence-corrected chi connectivity index (χ2v) is 6.27. The Bertz CT molecular complexity index is 966. The molecule has 0 unspecified atom stereocenters. The highest BCUT2D eigenvalue weighted by atomic mass is 16.5. The second kappa shape index (κ2) is 8.43. The van der Waals surface area contributed by atoms with E-state index in [0.29, 0.717) is 24.5 Å². The Morgan fingerprint density at radius 2 is 1.82 bits per heavy atom. The molecule has 0 aliphatic heterocycles. The van der Waals surface area contributed by atoms with Crippen LogP contribution in [0.4, 0.5) is 5.82 Å². The first-order valence-corrected chi connectivity index (χ1v) is 8.80. The van der Waals surface area contributed by atoms with Crippen molar-refractivity contribution in [1.82, 2.24) is 20.3 Å². The Labute approximate surface area is 163 Å². The molecular formula is C20H23N5O3. The van der Waals surface area contributed by atoms with Crippen molar-refractivity contribution >= 4 is 11.7 Å². The second-order valence-electron chi connectivity index (χ2n) is 6.27. The summed E-state index contributed by atoms with van der Waals surface area (Å²) in [7, 11) is 3.18. The summed E-state index contributed by atoms with van der Waals surface area (Å²) in [5.74, 6) is 1.15. The van der Waals surface area contributed by atoms with Crippen molar-refractivity contribution in [2.24, 2.45) is 0 Å². The van der Waals surface area contributed by atoms with E-state index in [1.807, 2.05) is 49.4 Å². The number of ether oxygens (including phenoxy) is 2. The molecule has 0 radical (unpaired) electrons. The maximum Gasteiger partial charge on any atom is 0.275 e. The van der Waals surface area contributed by atoms with Crippen LogP contribution in [0.15, 0.2) is 42.5 Å². The topological polar surface area (TPSA) is 104 Å². The van der Waals surface area contributed by atoms with E-state index in [-0.39, 0.29) is 17.4 Å². The minimum absolute atomic E-state index is 0.105. The number of methoxy groups -OCH3 is 2. The summed E-state index contributed by atoms with van der Waals surface area (Å²) in [5.41, 5.74) is 9.06. The van der Waals surface area contributed by atoms with Crippen LogP contribution in [0.2, 0.25) is 0 Å². The quantitative estimate of drug-likeness (QED) is 0.650. The van der Waals surface area contributed by atoms with Crippen LogP contribution in [0.3, 0.4) is 0 Å². The van der Waals surface area contributed by atoms with Gasteiger partial charge in [0.05, 0.1) is 19.9 Å². The number of aryl methyl sites for hydroxylation is 1. The molecule has 0 atom stereocenters. The number of anilines is 1. The molecule has 0 spiro atoms. The van der Waals surface area contributed by atoms with E-state index in [2.05, 4.69) is 15.6 Å². The SMILES string of the molecule is COc1ccc(CCNC(=O)c2nnn(-c3ccc(C)cc3)c2N)cc1OC. The number of aromatic nitrogens is 3. The third kappa shape index (κ3) is 4.06. The number of nitrogens with one attached hydrogen (secondary N) is 1. The summed E-state index contributed by atoms with van der Waals surface area (Å²) in [6.45, 7) is 2.41. The first-order valence-electron chi connectivity index (χ1n) is 8.80. The van der Waals surface area contributed by atoms with Crippen molar-refractivity contribution in [1.29, 1.82) is 0 Å². The molecule has 0 fully saturated rings. The summed E-state index contributed by atoms with van der Waals surface area (Å²) < 4.78 is 12.0. The molecule has 0 bridgehead atoms. The molecule has 3 rings (SSSR count). The summed E-state index contributed by atoms with van der Waals surface area (Å²) in [4.78, 5) is 12.4. The van der Waals surface area contributed by atoms with Crippen LogP contribution in [0.5, 0.6) is 11.5 Å². The van der Waals surface area contributed by atoms with Crippen LogP contribution in [-0.2, 0) is 6.42 Å². The van der Waals surface area contributed by atoms with E-state index in [0.717, 1.165) is 16.8 Å². The van der Waals surface area contributed by atoms with Gasteiger partial charge in [0.1, 0.15) is 0 Å². The van der Waals surface area contributed by atoms with Crippen molar-refractivity contribution in [3.8, 4) is 17.2 Å². The van der Waals surface area contributed by atoms with Crippen LogP contribution < -0.4 is 20.5 Å². The van der Waals surface area contributed by atoms with Crippen molar-refractivity contribution in [2.45, 2.75) is 13.3 Å². The molecular weight excluding hydrogens is 358 g/mol. The van der Waals surface area contributed by atoms with E-state index in [1.54, 1.807) is 14.2 Å². The zero-order valence-corrected chi connectivity index (χ0v) is 16.1. The molecule has 1 aromatic heterocycles. The minimum atomic E-state index is -0.365. The van der Waals surface area contributed by atoms with E-state index < -0.39 is 0 Å². The average Bonchev–Trinajstić information content (AvgIpc) is 3.09. The number of nitrogens with two attached hydrogens (primary N) is 1. The minimum Gasteiger partial charge on any atom is -0.493 e. The molecule has 0 aliphatic rings. The summed E-state index contributed by atoms with van der Waals surface area (Å²) >= 11 is 0. The molecule has 0 saturated heterocycles. The van der Waals surface area contributed by atoms with E-state index in [1.165, 1.54) is 4.68 Å². The van der Waals surface area contributed by atoms with E-state index >= 15 is 0 Å². The Morgan fingerprint density at radius 1 is 1.11 bits per heavy atom. The standard InChI is InChI=1S/C20H23N5O3/c1-13-4-7-15(8-5-13)25-19(21)18(23-24-25)20(26)22-11-10-14-6-9-16(27-2)17(12-14)28-3/h4-9,12H,10-11,21H2,1-3H3,(H,22,26). The molecule has 8 nitrogen and oxygen atoms in total. The van der Waals surface area contributed by atoms with Gasteiger partial charge in [0.25, 0.3) is 5.91 Å². The first-order chi connectivity index (χ1) is 13.5. The predicted molar refractivity (Wildman–Crippen MR) is 106 cm³/mol. The zero-order chi connectivity index (χ0) is 20.1. The van der Waals surface area contributed by atoms with Gasteiger partial charge in [-0.15, -0.1) is 5.10 Å². The van der Waals surface area contributed by atoms with Gasteiger partial charge in [-0.3, -0.25) is 4.79 Å². The normalized spacial score (nSPS) is 10.5. The molecule has 28 heavy (non-hydrogen) atoms. The maximum absolute atomic E-state index is 12.4. The number of nitrogen functional groups attached to an aromatic ring is 1. The summed E-state index contributed by atoms with van der Waals surface area (Å²) in [5, 5.41) is 10.7. The Kier molecular flexibility index (Phi) is 5.78. The average molecular weight is 381 g/mol. The number of hydrogen-bond donors (Lipinski definition) is 2. The number of carbonyl (C=O) groups excluding carboxylic acids is 1. The fourth-order valence-corrected chi connectivity index (χ4v) is 2.77. The lowest BCUT2D eigenvalue weighted by atomic mass is 10.1. The molecule has 1 amide bonds. The third-order valence-electron chi connectivity index (χ3n) is 4.35. The number of nitrogens with zero attached hydrogens (tertiary/aromatic N) is 3. The smallest absolute Gasteiger partial charge is 0.275 e. The zero-order valence-electron chi connectivity index (χ0n) is 16.1. The van der Waals surface area contributed by atoms with Gasteiger partial charge >= 0.3 is 0 Å². The highest BCUT2D eigenvalue weighted by Gasteiger charge is 2.18. The summed E-state index contributed by atoms with van der Waals surface area (Å²) in [6.07, 6.45) is 0.623. The Hall–Kier alpha value is -3.55. The molecule has 3 N–H and O–H groups in total. The Balaban J connectivity index is 1.63. The number of benzene rings is 2. The number of rotatable bonds is 7. The largest absolute Gasteiger partial charge is 0.493 e. The number of hydrogen-bond acceptors (Lipinski definition) is 6. The Morgan fingerprint density at radius 3 is 2.50 bits per heavy atom. The van der Waals surface area contributed by atoms with Gasteiger partial charge in [-0.2, -0.15) is 4.68 Å². The van der Waals surface area contributed by atoms with Gasteiger partial charge in [-0.05, 0) is 43.2 Å². The van der Waals surface area contributed by atoms with Gasteiger partial charge in [-0.25, -0.2) is 0 Å². The third-order valence-corrected chi connectivity index (χ3v) is 4.35. The molecule has 2 aromatic carbocycles. The van der Waals surface area contributed by atoms with Gasteiger partial charge in [0, 0.05) is 6.54 Å². The number of carbonyl (C=O) groups is 1. The lowest BCUT2D eigenvalue weighted by Crippen LogP contribution is -2.27. The van der Waals surface area contributed by atoms with Gasteiger partial charge < -0.3 is 20.5 Å². The van der Waals surface area contributed by atoms with Gasteiger partial charge in [-0.1, -0.05) is 29.0 Å². The predicted octanol–water partition coefficient (Wildman–Crippen LogP) is 2.15. The molecule has 8 heteroatoms. The van der Waals surface area contributed by atoms with Crippen LogP contribution in [-0.4, -0.2) is 41.7 Å². The lowest BCUT2D eigenvalue weighted by Gasteiger charge is -2.10. The highest BCUT2D eigenvalue weighted by Crippen LogP contribution is 2.27. The fraction of sp³-hybridized carbons (Fsp3) is 0.250. The van der Waals surface area contributed by atoms with Crippen molar-refractivity contribution in [2.75, 3.05) is 26.5 Å². The van der Waals surface area contributed by atoms with Crippen molar-refractivity contribution in [3.05, 3.63) is 59.3 Å². The van der Waals surface area contributed by atoms with E-state index in [9.17, 15) is 4.79 Å². The van der Waals surface area contributed by atoms with Crippen LogP contribution >= 0.6 is 0 Å². The monoisotopic (exact) mass is 381 g/mol. The van der Waals surface area contributed by atoms with Gasteiger partial charge in [0.2, 0.25) is 0 Å². The highest BCUT2D eigenvalue weighted by molar-refractivity contribution is 5.96.